The van der Waals surface area contributed by atoms with Gasteiger partial charge in [0.2, 0.25) is 11.9 Å². The summed E-state index contributed by atoms with van der Waals surface area (Å²) in [5, 5.41) is 2.79. The highest BCUT2D eigenvalue weighted by Gasteiger charge is 2.22. The Bertz CT molecular complexity index is 1400. The van der Waals surface area contributed by atoms with Crippen LogP contribution in [0.2, 0.25) is 0 Å². The van der Waals surface area contributed by atoms with Gasteiger partial charge in [-0.15, -0.1) is 0 Å². The molecule has 0 aliphatic carbocycles. The monoisotopic (exact) mass is 502 g/mol. The van der Waals surface area contributed by atoms with Crippen LogP contribution in [0.5, 0.6) is 0 Å². The third-order valence-electron chi connectivity index (χ3n) is 5.76. The van der Waals surface area contributed by atoms with Crippen LogP contribution in [0.4, 0.5) is 14.7 Å². The second-order valence-electron chi connectivity index (χ2n) is 9.25. The van der Waals surface area contributed by atoms with Crippen LogP contribution in [0.25, 0.3) is 16.9 Å². The molecule has 0 aliphatic rings. The molecule has 0 saturated carbocycles. The third-order valence-corrected chi connectivity index (χ3v) is 5.76. The number of aryl methyl sites for hydroxylation is 1. The lowest BCUT2D eigenvalue weighted by molar-refractivity contribution is -0.117. The van der Waals surface area contributed by atoms with Crippen molar-refractivity contribution in [2.75, 3.05) is 18.4 Å². The molecule has 0 spiro atoms. The summed E-state index contributed by atoms with van der Waals surface area (Å²) in [4.78, 5) is 32.3. The lowest BCUT2D eigenvalue weighted by atomic mass is 10.1. The van der Waals surface area contributed by atoms with Gasteiger partial charge in [0.15, 0.2) is 0 Å². The quantitative estimate of drug-likeness (QED) is 0.328. The Hall–Kier alpha value is -4.33. The summed E-state index contributed by atoms with van der Waals surface area (Å²) in [5.41, 5.74) is 2.71. The smallest absolute Gasteiger partial charge is 0.254 e. The van der Waals surface area contributed by atoms with Gasteiger partial charge in [0.05, 0.1) is 11.4 Å². The Labute approximate surface area is 214 Å². The number of rotatable bonds is 8. The van der Waals surface area contributed by atoms with Gasteiger partial charge in [0.25, 0.3) is 5.91 Å². The fraction of sp³-hybridized carbons (Fsp3) is 0.207. The van der Waals surface area contributed by atoms with Crippen LogP contribution in [0.3, 0.4) is 0 Å². The number of nitrogens with one attached hydrogen (secondary N) is 1. The SMILES string of the molecule is Cc1ccc(-n2cc(-c3ccccc3)nc2NC(=O)CN(CC(C)C)C(=O)c2ccc(F)cc2)cc1F. The average molecular weight is 503 g/mol. The number of carbonyl (C=O) groups excluding carboxylic acids is 2. The van der Waals surface area contributed by atoms with Crippen molar-refractivity contribution in [2.45, 2.75) is 20.8 Å². The largest absolute Gasteiger partial charge is 0.329 e. The highest BCUT2D eigenvalue weighted by molar-refractivity contribution is 5.99. The van der Waals surface area contributed by atoms with E-state index in [0.29, 0.717) is 23.5 Å². The standard InChI is InChI=1S/C29H28F2N4O2/c1-19(2)16-34(28(37)22-10-12-23(30)13-11-22)18-27(36)33-29-32-26(21-7-5-4-6-8-21)17-35(29)24-14-9-20(3)25(31)15-24/h4-15,17,19H,16,18H2,1-3H3,(H,32,33,36). The van der Waals surface area contributed by atoms with E-state index in [2.05, 4.69) is 10.3 Å². The number of amides is 2. The van der Waals surface area contributed by atoms with Crippen molar-refractivity contribution >= 4 is 17.8 Å². The molecular weight excluding hydrogens is 474 g/mol. The number of aromatic nitrogens is 2. The number of carbonyl (C=O) groups is 2. The molecule has 0 bridgehead atoms. The highest BCUT2D eigenvalue weighted by atomic mass is 19.1. The van der Waals surface area contributed by atoms with E-state index in [1.54, 1.807) is 29.8 Å². The normalized spacial score (nSPS) is 11.0. The van der Waals surface area contributed by atoms with E-state index in [-0.39, 0.29) is 35.7 Å². The summed E-state index contributed by atoms with van der Waals surface area (Å²) in [6, 6.07) is 19.4. The van der Waals surface area contributed by atoms with Crippen molar-refractivity contribution in [3.8, 4) is 16.9 Å². The number of benzene rings is 3. The molecule has 1 aromatic heterocycles. The zero-order valence-corrected chi connectivity index (χ0v) is 20.9. The maximum atomic E-state index is 14.4. The Morgan fingerprint density at radius 1 is 1.00 bits per heavy atom. The number of hydrogen-bond donors (Lipinski definition) is 1. The van der Waals surface area contributed by atoms with Gasteiger partial charge in [-0.2, -0.15) is 0 Å². The minimum Gasteiger partial charge on any atom is -0.329 e. The Kier molecular flexibility index (Phi) is 7.77. The zero-order chi connectivity index (χ0) is 26.5. The fourth-order valence-corrected chi connectivity index (χ4v) is 3.92. The lowest BCUT2D eigenvalue weighted by Crippen LogP contribution is -2.40. The summed E-state index contributed by atoms with van der Waals surface area (Å²) < 4.78 is 29.3. The molecule has 0 atom stereocenters. The second kappa shape index (κ2) is 11.2. The first kappa shape index (κ1) is 25.8. The molecule has 3 aromatic carbocycles. The topological polar surface area (TPSA) is 67.2 Å². The Morgan fingerprint density at radius 3 is 2.35 bits per heavy atom. The molecule has 8 heteroatoms. The van der Waals surface area contributed by atoms with Crippen molar-refractivity contribution in [1.82, 2.24) is 14.5 Å². The van der Waals surface area contributed by atoms with Crippen LogP contribution in [0, 0.1) is 24.5 Å². The van der Waals surface area contributed by atoms with Crippen LogP contribution >= 0.6 is 0 Å². The predicted molar refractivity (Wildman–Crippen MR) is 139 cm³/mol. The van der Waals surface area contributed by atoms with Gasteiger partial charge < -0.3 is 4.90 Å². The zero-order valence-electron chi connectivity index (χ0n) is 20.9. The molecule has 0 saturated heterocycles. The molecule has 0 unspecified atom stereocenters. The summed E-state index contributed by atoms with van der Waals surface area (Å²) in [6.45, 7) is 5.65. The first-order valence-electron chi connectivity index (χ1n) is 12.0. The first-order valence-corrected chi connectivity index (χ1v) is 12.0. The van der Waals surface area contributed by atoms with E-state index in [9.17, 15) is 18.4 Å². The van der Waals surface area contributed by atoms with Crippen molar-refractivity contribution in [3.05, 3.63) is 102 Å². The molecular formula is C29H28F2N4O2. The van der Waals surface area contributed by atoms with E-state index >= 15 is 0 Å². The van der Waals surface area contributed by atoms with Gasteiger partial charge >= 0.3 is 0 Å². The summed E-state index contributed by atoms with van der Waals surface area (Å²) in [5.74, 6) is -1.37. The summed E-state index contributed by atoms with van der Waals surface area (Å²) in [6.07, 6.45) is 1.73. The number of nitrogens with zero attached hydrogens (tertiary/aromatic N) is 3. The Balaban J connectivity index is 1.63. The van der Waals surface area contributed by atoms with Gasteiger partial charge in [0.1, 0.15) is 18.2 Å². The third kappa shape index (κ3) is 6.27. The van der Waals surface area contributed by atoms with E-state index in [0.717, 1.165) is 5.56 Å². The molecule has 2 amide bonds. The molecule has 190 valence electrons. The summed E-state index contributed by atoms with van der Waals surface area (Å²) >= 11 is 0. The molecule has 1 heterocycles. The molecule has 4 rings (SSSR count). The fourth-order valence-electron chi connectivity index (χ4n) is 3.92. The van der Waals surface area contributed by atoms with Gasteiger partial charge in [-0.3, -0.25) is 19.5 Å². The first-order chi connectivity index (χ1) is 17.7. The van der Waals surface area contributed by atoms with Crippen LogP contribution in [-0.4, -0.2) is 39.4 Å². The minimum atomic E-state index is -0.463. The molecule has 1 N–H and O–H groups in total. The van der Waals surface area contributed by atoms with E-state index in [1.807, 2.05) is 44.2 Å². The molecule has 0 aliphatic heterocycles. The van der Waals surface area contributed by atoms with Crippen molar-refractivity contribution < 1.29 is 18.4 Å². The average Bonchev–Trinajstić information content (AvgIpc) is 3.29. The van der Waals surface area contributed by atoms with Gasteiger partial charge in [-0.1, -0.05) is 50.2 Å². The molecule has 6 nitrogen and oxygen atoms in total. The number of halogens is 2. The van der Waals surface area contributed by atoms with Crippen LogP contribution in [-0.2, 0) is 4.79 Å². The molecule has 4 aromatic rings. The van der Waals surface area contributed by atoms with Crippen LogP contribution in [0.15, 0.2) is 79.0 Å². The molecule has 0 radical (unpaired) electrons. The van der Waals surface area contributed by atoms with Gasteiger partial charge in [-0.25, -0.2) is 13.8 Å². The van der Waals surface area contributed by atoms with E-state index in [1.165, 1.54) is 35.2 Å². The highest BCUT2D eigenvalue weighted by Crippen LogP contribution is 2.25. The van der Waals surface area contributed by atoms with E-state index < -0.39 is 11.7 Å². The predicted octanol–water partition coefficient (Wildman–Crippen LogP) is 5.86. The Morgan fingerprint density at radius 2 is 1.70 bits per heavy atom. The number of anilines is 1. The van der Waals surface area contributed by atoms with Crippen molar-refractivity contribution in [3.63, 3.8) is 0 Å². The second-order valence-corrected chi connectivity index (χ2v) is 9.25. The summed E-state index contributed by atoms with van der Waals surface area (Å²) in [7, 11) is 0. The minimum absolute atomic E-state index is 0.0967. The van der Waals surface area contributed by atoms with Gasteiger partial charge in [0, 0.05) is 23.9 Å². The maximum Gasteiger partial charge on any atom is 0.254 e. The van der Waals surface area contributed by atoms with Crippen molar-refractivity contribution in [1.29, 1.82) is 0 Å². The van der Waals surface area contributed by atoms with Crippen molar-refractivity contribution in [2.24, 2.45) is 5.92 Å². The molecule has 37 heavy (non-hydrogen) atoms. The van der Waals surface area contributed by atoms with Crippen LogP contribution < -0.4 is 5.32 Å². The van der Waals surface area contributed by atoms with Gasteiger partial charge in [-0.05, 0) is 54.8 Å². The number of imidazole rings is 1. The van der Waals surface area contributed by atoms with Crippen LogP contribution in [0.1, 0.15) is 29.8 Å². The number of hydrogen-bond acceptors (Lipinski definition) is 3. The maximum absolute atomic E-state index is 14.4. The molecule has 0 fully saturated rings. The lowest BCUT2D eigenvalue weighted by Gasteiger charge is -2.24. The van der Waals surface area contributed by atoms with E-state index in [4.69, 9.17) is 0 Å².